The van der Waals surface area contributed by atoms with E-state index in [1.807, 2.05) is 0 Å². The van der Waals surface area contributed by atoms with Crippen LogP contribution in [0.15, 0.2) is 0 Å². The van der Waals surface area contributed by atoms with Crippen molar-refractivity contribution in [3.8, 4) is 0 Å². The van der Waals surface area contributed by atoms with Crippen LogP contribution in [0.25, 0.3) is 0 Å². The number of ether oxygens (including phenoxy) is 2. The van der Waals surface area contributed by atoms with Gasteiger partial charge < -0.3 is 9.47 Å². The number of hydrogen-bond donors (Lipinski definition) is 0. The van der Waals surface area contributed by atoms with Crippen molar-refractivity contribution in [2.75, 3.05) is 19.8 Å². The second kappa shape index (κ2) is 9.62. The molecule has 0 aromatic heterocycles. The van der Waals surface area contributed by atoms with Gasteiger partial charge in [-0.15, -0.1) is 0 Å². The van der Waals surface area contributed by atoms with Crippen LogP contribution in [0.2, 0.25) is 0 Å². The Balaban J connectivity index is 5.76. The van der Waals surface area contributed by atoms with Crippen molar-refractivity contribution in [3.63, 3.8) is 0 Å². The van der Waals surface area contributed by atoms with Gasteiger partial charge in [-0.25, -0.2) is 4.39 Å². The van der Waals surface area contributed by atoms with Crippen molar-refractivity contribution in [2.24, 2.45) is 0 Å². The van der Waals surface area contributed by atoms with Crippen molar-refractivity contribution in [1.82, 2.24) is 0 Å². The van der Waals surface area contributed by atoms with Gasteiger partial charge in [0.2, 0.25) is 0 Å². The van der Waals surface area contributed by atoms with E-state index in [-0.39, 0.29) is 12.7 Å². The Hall–Kier alpha value is -1.13. The highest BCUT2D eigenvalue weighted by Gasteiger charge is 2.95. The lowest BCUT2D eigenvalue weighted by atomic mass is 9.85. The van der Waals surface area contributed by atoms with E-state index in [2.05, 4.69) is 4.74 Å². The molecule has 0 rings (SSSR count). The lowest BCUT2D eigenvalue weighted by molar-refractivity contribution is -0.457. The summed E-state index contributed by atoms with van der Waals surface area (Å²) in [4.78, 5) is 0. The Morgan fingerprint density at radius 2 is 1.03 bits per heavy atom. The third-order valence-electron chi connectivity index (χ3n) is 4.23. The maximum Gasteiger partial charge on any atom is 0.438 e. The number of halogens is 15. The summed E-state index contributed by atoms with van der Waals surface area (Å²) in [7, 11) is 0. The summed E-state index contributed by atoms with van der Waals surface area (Å²) in [6.07, 6.45) is -18.3. The molecule has 0 N–H and O–H groups in total. The zero-order valence-corrected chi connectivity index (χ0v) is 16.1. The predicted molar refractivity (Wildman–Crippen MR) is 76.9 cm³/mol. The minimum Gasteiger partial charge on any atom is -0.379 e. The number of rotatable bonds is 12. The first-order chi connectivity index (χ1) is 14.0. The Bertz CT molecular complexity index is 583. The molecule has 0 radical (unpaired) electrons. The third kappa shape index (κ3) is 5.33. The molecule has 0 saturated carbocycles. The molecule has 0 bridgehead atoms. The summed E-state index contributed by atoms with van der Waals surface area (Å²) in [5.74, 6) is -30.4. The van der Waals surface area contributed by atoms with E-state index >= 15 is 0 Å². The molecule has 0 spiro atoms. The normalized spacial score (nSPS) is 16.4. The Kier molecular flexibility index (Phi) is 9.28. The van der Waals surface area contributed by atoms with E-state index in [1.54, 1.807) is 13.8 Å². The number of hydrogen-bond acceptors (Lipinski definition) is 2. The van der Waals surface area contributed by atoms with Crippen molar-refractivity contribution >= 4 is 0 Å². The zero-order valence-electron chi connectivity index (χ0n) is 16.1. The molecule has 0 heterocycles. The topological polar surface area (TPSA) is 18.5 Å². The van der Waals surface area contributed by atoms with E-state index < -0.39 is 61.3 Å². The average Bonchev–Trinajstić information content (AvgIpc) is 2.60. The maximum absolute atomic E-state index is 13.5. The molecule has 1 unspecified atom stereocenters. The molecule has 0 amide bonds. The van der Waals surface area contributed by atoms with Crippen LogP contribution < -0.4 is 0 Å². The van der Waals surface area contributed by atoms with Crippen LogP contribution in [0.1, 0.15) is 26.7 Å². The van der Waals surface area contributed by atoms with Crippen LogP contribution in [-0.2, 0) is 9.47 Å². The number of alkyl halides is 15. The van der Waals surface area contributed by atoms with Crippen molar-refractivity contribution in [2.45, 2.75) is 74.5 Å². The second-order valence-corrected chi connectivity index (χ2v) is 6.53. The fourth-order valence-corrected chi connectivity index (χ4v) is 2.05. The quantitative estimate of drug-likeness (QED) is 0.216. The molecule has 0 aliphatic heterocycles. The Morgan fingerprint density at radius 3 is 1.41 bits per heavy atom. The molecule has 0 aliphatic rings. The molecule has 17 heteroatoms. The summed E-state index contributed by atoms with van der Waals surface area (Å²) in [6, 6.07) is 0. The maximum atomic E-state index is 13.5. The Labute approximate surface area is 171 Å². The highest BCUT2D eigenvalue weighted by atomic mass is 19.4. The monoisotopic (exact) mass is 514 g/mol. The predicted octanol–water partition coefficient (Wildman–Crippen LogP) is 6.58. The minimum absolute atomic E-state index is 0.313. The molecule has 0 aromatic carbocycles. The van der Waals surface area contributed by atoms with Crippen molar-refractivity contribution in [3.05, 3.63) is 0 Å². The molecule has 1 atom stereocenters. The van der Waals surface area contributed by atoms with Crippen molar-refractivity contribution < 1.29 is 75.3 Å². The summed E-state index contributed by atoms with van der Waals surface area (Å²) in [6.45, 7) is 0.770. The van der Waals surface area contributed by atoms with E-state index in [1.165, 1.54) is 0 Å². The highest BCUT2D eigenvalue weighted by Crippen LogP contribution is 2.64. The summed E-state index contributed by atoms with van der Waals surface area (Å²) < 4.78 is 205. The molecule has 2 nitrogen and oxygen atoms in total. The van der Waals surface area contributed by atoms with Gasteiger partial charge in [0.1, 0.15) is 0 Å². The first-order valence-electron chi connectivity index (χ1n) is 8.48. The molecule has 0 fully saturated rings. The van der Waals surface area contributed by atoms with Crippen LogP contribution in [0, 0.1) is 0 Å². The van der Waals surface area contributed by atoms with Gasteiger partial charge in [-0.3, -0.25) is 0 Å². The van der Waals surface area contributed by atoms with E-state index in [0.29, 0.717) is 6.42 Å². The van der Waals surface area contributed by atoms with Crippen LogP contribution in [-0.4, -0.2) is 67.6 Å². The van der Waals surface area contributed by atoms with E-state index in [9.17, 15) is 65.9 Å². The highest BCUT2D eigenvalue weighted by molar-refractivity contribution is 5.16. The van der Waals surface area contributed by atoms with Gasteiger partial charge in [0, 0.05) is 6.42 Å². The van der Waals surface area contributed by atoms with Crippen LogP contribution >= 0.6 is 0 Å². The summed E-state index contributed by atoms with van der Waals surface area (Å²) >= 11 is 0. The molecular weight excluding hydrogens is 497 g/mol. The molecule has 0 aromatic rings. The van der Waals surface area contributed by atoms with Crippen LogP contribution in [0.3, 0.4) is 0 Å². The van der Waals surface area contributed by atoms with Gasteiger partial charge in [0.15, 0.2) is 0 Å². The average molecular weight is 514 g/mol. The third-order valence-corrected chi connectivity index (χ3v) is 4.23. The van der Waals surface area contributed by atoms with E-state index in [4.69, 9.17) is 4.74 Å². The van der Waals surface area contributed by atoms with Gasteiger partial charge in [-0.1, -0.05) is 6.92 Å². The lowest BCUT2D eigenvalue weighted by Crippen LogP contribution is -2.75. The lowest BCUT2D eigenvalue weighted by Gasteiger charge is -2.43. The second-order valence-electron chi connectivity index (χ2n) is 6.53. The van der Waals surface area contributed by atoms with Gasteiger partial charge in [0.05, 0.1) is 25.9 Å². The Morgan fingerprint density at radius 1 is 0.594 bits per heavy atom. The standard InChI is InChI=1S/C15H17F15O2/c1-3-8(2)32-7-6-31-5-4-9(16,17)11(19,20)13(23,24)12(21,22)10(18,14(25,26)27)15(28,29)30/h8H,3-7H2,1-2H3. The van der Waals surface area contributed by atoms with Gasteiger partial charge >= 0.3 is 41.7 Å². The smallest absolute Gasteiger partial charge is 0.379 e. The fraction of sp³-hybridized carbons (Fsp3) is 1.00. The summed E-state index contributed by atoms with van der Waals surface area (Å²) in [5, 5.41) is 0. The first-order valence-corrected chi connectivity index (χ1v) is 8.48. The zero-order chi connectivity index (χ0) is 26.0. The van der Waals surface area contributed by atoms with Gasteiger partial charge in [-0.05, 0) is 13.3 Å². The van der Waals surface area contributed by atoms with Crippen LogP contribution in [0.4, 0.5) is 65.9 Å². The molecular formula is C15H17F15O2. The SMILES string of the molecule is CCC(C)OCCOCCC(F)(F)C(F)(F)C(F)(F)C(F)(F)C(F)(C(F)(F)F)C(F)(F)F. The van der Waals surface area contributed by atoms with Gasteiger partial charge in [-0.2, -0.15) is 61.5 Å². The minimum atomic E-state index is -8.39. The summed E-state index contributed by atoms with van der Waals surface area (Å²) in [5.41, 5.74) is -8.28. The largest absolute Gasteiger partial charge is 0.438 e. The van der Waals surface area contributed by atoms with Crippen LogP contribution in [0.5, 0.6) is 0 Å². The molecule has 0 saturated heterocycles. The van der Waals surface area contributed by atoms with Gasteiger partial charge in [0.25, 0.3) is 0 Å². The van der Waals surface area contributed by atoms with Crippen molar-refractivity contribution in [1.29, 1.82) is 0 Å². The molecule has 32 heavy (non-hydrogen) atoms. The fourth-order valence-electron chi connectivity index (χ4n) is 2.05. The molecule has 194 valence electrons. The molecule has 0 aliphatic carbocycles. The first kappa shape index (κ1) is 30.9. The van der Waals surface area contributed by atoms with E-state index in [0.717, 1.165) is 0 Å².